The van der Waals surface area contributed by atoms with E-state index in [1.54, 1.807) is 13.1 Å². The van der Waals surface area contributed by atoms with Crippen molar-refractivity contribution in [2.45, 2.75) is 13.5 Å². The summed E-state index contributed by atoms with van der Waals surface area (Å²) in [5.74, 6) is 0.664. The van der Waals surface area contributed by atoms with E-state index < -0.39 is 0 Å². The van der Waals surface area contributed by atoms with E-state index in [0.717, 1.165) is 16.9 Å². The molecule has 0 atom stereocenters. The molecule has 0 unspecified atom stereocenters. The number of ether oxygens (including phenoxy) is 1. The fourth-order valence-corrected chi connectivity index (χ4v) is 2.61. The molecular formula is C19H18N2O2S. The van der Waals surface area contributed by atoms with Gasteiger partial charge in [0.2, 0.25) is 0 Å². The number of benzene rings is 2. The maximum absolute atomic E-state index is 12.0. The highest BCUT2D eigenvalue weighted by atomic mass is 32.1. The molecule has 2 aromatic rings. The van der Waals surface area contributed by atoms with Crippen LogP contribution in [0.4, 0.5) is 0 Å². The van der Waals surface area contributed by atoms with Crippen molar-refractivity contribution in [2.24, 2.45) is 0 Å². The molecule has 4 nitrogen and oxygen atoms in total. The van der Waals surface area contributed by atoms with Gasteiger partial charge in [0.05, 0.1) is 0 Å². The Morgan fingerprint density at radius 2 is 1.96 bits per heavy atom. The van der Waals surface area contributed by atoms with E-state index in [1.807, 2.05) is 36.4 Å². The predicted octanol–water partition coefficient (Wildman–Crippen LogP) is 3.26. The largest absolute Gasteiger partial charge is 0.489 e. The van der Waals surface area contributed by atoms with Gasteiger partial charge in [-0.25, -0.2) is 0 Å². The lowest BCUT2D eigenvalue weighted by molar-refractivity contribution is -0.121. The summed E-state index contributed by atoms with van der Waals surface area (Å²) in [7, 11) is 1.65. The van der Waals surface area contributed by atoms with E-state index in [1.165, 1.54) is 10.5 Å². The van der Waals surface area contributed by atoms with Gasteiger partial charge in [-0.15, -0.1) is 0 Å². The highest BCUT2D eigenvalue weighted by molar-refractivity contribution is 7.80. The van der Waals surface area contributed by atoms with E-state index in [2.05, 4.69) is 24.4 Å². The first-order valence-electron chi connectivity index (χ1n) is 7.62. The molecule has 1 fully saturated rings. The molecule has 5 heteroatoms. The van der Waals surface area contributed by atoms with Gasteiger partial charge in [0.25, 0.3) is 5.91 Å². The zero-order valence-corrected chi connectivity index (χ0v) is 14.4. The Hall–Kier alpha value is -2.66. The molecule has 0 bridgehead atoms. The fourth-order valence-electron chi connectivity index (χ4n) is 2.42. The molecule has 0 radical (unpaired) electrons. The number of rotatable bonds is 4. The lowest BCUT2D eigenvalue weighted by Gasteiger charge is -2.07. The van der Waals surface area contributed by atoms with Crippen LogP contribution in [-0.2, 0) is 11.4 Å². The van der Waals surface area contributed by atoms with E-state index in [0.29, 0.717) is 17.4 Å². The van der Waals surface area contributed by atoms with Crippen LogP contribution in [0.5, 0.6) is 5.75 Å². The average Bonchev–Trinajstić information content (AvgIpc) is 2.81. The highest BCUT2D eigenvalue weighted by Gasteiger charge is 2.26. The molecule has 1 amide bonds. The van der Waals surface area contributed by atoms with Crippen molar-refractivity contribution in [1.82, 2.24) is 10.2 Å². The van der Waals surface area contributed by atoms with Gasteiger partial charge in [-0.05, 0) is 48.5 Å². The summed E-state index contributed by atoms with van der Waals surface area (Å²) in [4.78, 5) is 13.4. The zero-order valence-electron chi connectivity index (χ0n) is 13.6. The van der Waals surface area contributed by atoms with Gasteiger partial charge in [0, 0.05) is 7.05 Å². The summed E-state index contributed by atoms with van der Waals surface area (Å²) in [6.07, 6.45) is 1.78. The van der Waals surface area contributed by atoms with Crippen molar-refractivity contribution in [3.63, 3.8) is 0 Å². The SMILES string of the molecule is Cc1cccc(COc2ccc(/C=C3/NC(=S)N(C)C3=O)cc2)c1. The molecule has 1 aliphatic rings. The lowest BCUT2D eigenvalue weighted by Crippen LogP contribution is -2.25. The van der Waals surface area contributed by atoms with Crippen LogP contribution in [0.2, 0.25) is 0 Å². The summed E-state index contributed by atoms with van der Waals surface area (Å²) in [6.45, 7) is 2.59. The van der Waals surface area contributed by atoms with Crippen molar-refractivity contribution in [3.05, 3.63) is 70.9 Å². The second-order valence-electron chi connectivity index (χ2n) is 5.70. The van der Waals surface area contributed by atoms with Crippen LogP contribution in [0.3, 0.4) is 0 Å². The molecule has 0 aliphatic carbocycles. The predicted molar refractivity (Wildman–Crippen MR) is 98.4 cm³/mol. The summed E-state index contributed by atoms with van der Waals surface area (Å²) in [5.41, 5.74) is 3.75. The van der Waals surface area contributed by atoms with Crippen molar-refractivity contribution >= 4 is 29.3 Å². The van der Waals surface area contributed by atoms with Crippen LogP contribution in [0.1, 0.15) is 16.7 Å². The Morgan fingerprint density at radius 1 is 1.21 bits per heavy atom. The Balaban J connectivity index is 1.65. The minimum absolute atomic E-state index is 0.125. The van der Waals surface area contributed by atoms with Crippen molar-refractivity contribution in [1.29, 1.82) is 0 Å². The smallest absolute Gasteiger partial charge is 0.276 e. The second kappa shape index (κ2) is 6.84. The highest BCUT2D eigenvalue weighted by Crippen LogP contribution is 2.18. The number of hydrogen-bond donors (Lipinski definition) is 1. The maximum atomic E-state index is 12.0. The number of nitrogens with one attached hydrogen (secondary N) is 1. The molecule has 24 heavy (non-hydrogen) atoms. The first-order valence-corrected chi connectivity index (χ1v) is 8.03. The summed E-state index contributed by atoms with van der Waals surface area (Å²) in [6, 6.07) is 15.8. The van der Waals surface area contributed by atoms with Gasteiger partial charge in [0.1, 0.15) is 18.1 Å². The van der Waals surface area contributed by atoms with Crippen LogP contribution in [0.15, 0.2) is 54.2 Å². The Kier molecular flexibility index (Phi) is 4.62. The molecule has 1 saturated heterocycles. The topological polar surface area (TPSA) is 41.6 Å². The molecule has 0 spiro atoms. The molecule has 2 aromatic carbocycles. The number of likely N-dealkylation sites (N-methyl/N-ethyl adjacent to an activating group) is 1. The number of nitrogens with zero attached hydrogens (tertiary/aromatic N) is 1. The molecular weight excluding hydrogens is 320 g/mol. The van der Waals surface area contributed by atoms with Crippen molar-refractivity contribution < 1.29 is 9.53 Å². The fraction of sp³-hybridized carbons (Fsp3) is 0.158. The number of carbonyl (C=O) groups excluding carboxylic acids is 1. The molecule has 3 rings (SSSR count). The van der Waals surface area contributed by atoms with Gasteiger partial charge in [-0.1, -0.05) is 42.0 Å². The molecule has 0 aromatic heterocycles. The monoisotopic (exact) mass is 338 g/mol. The van der Waals surface area contributed by atoms with Crippen LogP contribution >= 0.6 is 12.2 Å². The van der Waals surface area contributed by atoms with Gasteiger partial charge in [0.15, 0.2) is 5.11 Å². The van der Waals surface area contributed by atoms with Crippen molar-refractivity contribution in [3.8, 4) is 5.75 Å². The zero-order chi connectivity index (χ0) is 17.1. The number of aryl methyl sites for hydroxylation is 1. The van der Waals surface area contributed by atoms with E-state index in [4.69, 9.17) is 17.0 Å². The number of thiocarbonyl (C=S) groups is 1. The standard InChI is InChI=1S/C19H18N2O2S/c1-13-4-3-5-15(10-13)12-23-16-8-6-14(7-9-16)11-17-18(22)21(2)19(24)20-17/h3-11H,12H2,1-2H3,(H,20,24)/b17-11+. The minimum Gasteiger partial charge on any atom is -0.489 e. The third kappa shape index (κ3) is 3.63. The minimum atomic E-state index is -0.125. The van der Waals surface area contributed by atoms with E-state index in [-0.39, 0.29) is 5.91 Å². The van der Waals surface area contributed by atoms with Gasteiger partial charge in [-0.2, -0.15) is 0 Å². The molecule has 1 aliphatic heterocycles. The third-order valence-electron chi connectivity index (χ3n) is 3.76. The van der Waals surface area contributed by atoms with E-state index in [9.17, 15) is 4.79 Å². The normalized spacial score (nSPS) is 15.8. The van der Waals surface area contributed by atoms with E-state index >= 15 is 0 Å². The Morgan fingerprint density at radius 3 is 2.58 bits per heavy atom. The number of carbonyl (C=O) groups is 1. The molecule has 1 N–H and O–H groups in total. The first kappa shape index (κ1) is 16.2. The first-order chi connectivity index (χ1) is 11.5. The van der Waals surface area contributed by atoms with Gasteiger partial charge >= 0.3 is 0 Å². The van der Waals surface area contributed by atoms with Crippen LogP contribution in [0.25, 0.3) is 6.08 Å². The Labute approximate surface area is 146 Å². The number of hydrogen-bond acceptors (Lipinski definition) is 3. The van der Waals surface area contributed by atoms with Crippen molar-refractivity contribution in [2.75, 3.05) is 7.05 Å². The lowest BCUT2D eigenvalue weighted by atomic mass is 10.1. The van der Waals surface area contributed by atoms with Crippen LogP contribution < -0.4 is 10.1 Å². The quantitative estimate of drug-likeness (QED) is 0.686. The van der Waals surface area contributed by atoms with Crippen LogP contribution in [-0.4, -0.2) is 23.0 Å². The maximum Gasteiger partial charge on any atom is 0.276 e. The Bertz CT molecular complexity index is 812. The number of amides is 1. The van der Waals surface area contributed by atoms with Gasteiger partial charge < -0.3 is 10.1 Å². The summed E-state index contributed by atoms with van der Waals surface area (Å²) < 4.78 is 5.79. The second-order valence-corrected chi connectivity index (χ2v) is 6.09. The molecule has 0 saturated carbocycles. The average molecular weight is 338 g/mol. The molecule has 122 valence electrons. The third-order valence-corrected chi connectivity index (χ3v) is 4.14. The van der Waals surface area contributed by atoms with Gasteiger partial charge in [-0.3, -0.25) is 9.69 Å². The summed E-state index contributed by atoms with van der Waals surface area (Å²) >= 11 is 5.06. The van der Waals surface area contributed by atoms with Crippen LogP contribution in [0, 0.1) is 6.92 Å². The summed E-state index contributed by atoms with van der Waals surface area (Å²) in [5, 5.41) is 3.33. The molecule has 1 heterocycles.